The summed E-state index contributed by atoms with van der Waals surface area (Å²) in [5.41, 5.74) is -0.0123. The lowest BCUT2D eigenvalue weighted by Gasteiger charge is -2.25. The number of sulfonamides is 1. The maximum Gasteiger partial charge on any atom is 0.269 e. The van der Waals surface area contributed by atoms with E-state index < -0.39 is 26.6 Å². The Morgan fingerprint density at radius 1 is 0.893 bits per heavy atom. The van der Waals surface area contributed by atoms with Gasteiger partial charge >= 0.3 is 0 Å². The van der Waals surface area contributed by atoms with E-state index in [1.54, 1.807) is 6.07 Å². The third-order valence-electron chi connectivity index (χ3n) is 4.02. The topological polar surface area (TPSA) is 80.5 Å². The van der Waals surface area contributed by atoms with Crippen molar-refractivity contribution in [1.29, 1.82) is 0 Å². The minimum Gasteiger partial charge on any atom is -0.262 e. The van der Waals surface area contributed by atoms with Crippen molar-refractivity contribution < 1.29 is 22.1 Å². The predicted molar refractivity (Wildman–Crippen MR) is 99.3 cm³/mol. The van der Waals surface area contributed by atoms with E-state index in [-0.39, 0.29) is 28.4 Å². The fourth-order valence-electron chi connectivity index (χ4n) is 2.57. The molecule has 0 fully saturated rings. The van der Waals surface area contributed by atoms with E-state index in [0.717, 1.165) is 40.7 Å². The highest BCUT2D eigenvalue weighted by Gasteiger charge is 2.26. The van der Waals surface area contributed by atoms with Crippen LogP contribution in [0.1, 0.15) is 5.56 Å². The Bertz CT molecular complexity index is 1100. The lowest BCUT2D eigenvalue weighted by molar-refractivity contribution is -0.384. The predicted octanol–water partition coefficient (Wildman–Crippen LogP) is 4.27. The first kappa shape index (κ1) is 19.4. The van der Waals surface area contributed by atoms with Crippen LogP contribution in [0, 0.1) is 21.7 Å². The van der Waals surface area contributed by atoms with E-state index in [9.17, 15) is 27.3 Å². The Morgan fingerprint density at radius 2 is 1.50 bits per heavy atom. The van der Waals surface area contributed by atoms with Gasteiger partial charge in [0.2, 0.25) is 0 Å². The number of nitrogens with zero attached hydrogens (tertiary/aromatic N) is 2. The van der Waals surface area contributed by atoms with Crippen LogP contribution in [0.5, 0.6) is 0 Å². The standard InChI is InChI=1S/C19H14F2N2O4S/c20-15-5-7-16(8-6-15)22(13-14-3-1-2-4-19(14)21)28(26,27)18-11-9-17(10-12-18)23(24)25/h1-12H,13H2. The summed E-state index contributed by atoms with van der Waals surface area (Å²) in [5, 5.41) is 10.8. The second kappa shape index (κ2) is 7.73. The molecule has 0 aliphatic rings. The van der Waals surface area contributed by atoms with Crippen LogP contribution < -0.4 is 4.31 Å². The van der Waals surface area contributed by atoms with Gasteiger partial charge in [0, 0.05) is 17.7 Å². The molecule has 0 N–H and O–H groups in total. The number of anilines is 1. The van der Waals surface area contributed by atoms with Crippen molar-refractivity contribution in [2.75, 3.05) is 4.31 Å². The normalized spacial score (nSPS) is 11.2. The van der Waals surface area contributed by atoms with Crippen LogP contribution in [0.25, 0.3) is 0 Å². The van der Waals surface area contributed by atoms with Gasteiger partial charge in [-0.15, -0.1) is 0 Å². The SMILES string of the molecule is O=[N+]([O-])c1ccc(S(=O)(=O)N(Cc2ccccc2F)c2ccc(F)cc2)cc1. The summed E-state index contributed by atoms with van der Waals surface area (Å²) in [7, 11) is -4.20. The van der Waals surface area contributed by atoms with Crippen LogP contribution in [0.4, 0.5) is 20.2 Å². The molecule has 0 bridgehead atoms. The molecule has 28 heavy (non-hydrogen) atoms. The summed E-state index contributed by atoms with van der Waals surface area (Å²) in [6, 6.07) is 14.7. The molecular weight excluding hydrogens is 390 g/mol. The molecule has 0 spiro atoms. The molecule has 0 saturated heterocycles. The van der Waals surface area contributed by atoms with Crippen molar-refractivity contribution >= 4 is 21.4 Å². The van der Waals surface area contributed by atoms with E-state index in [1.807, 2.05) is 0 Å². The van der Waals surface area contributed by atoms with Crippen LogP contribution in [0.15, 0.2) is 77.7 Å². The van der Waals surface area contributed by atoms with Gasteiger partial charge in [-0.25, -0.2) is 17.2 Å². The maximum atomic E-state index is 14.1. The molecule has 0 heterocycles. The first-order chi connectivity index (χ1) is 13.3. The van der Waals surface area contributed by atoms with E-state index in [4.69, 9.17) is 0 Å². The third kappa shape index (κ3) is 3.99. The van der Waals surface area contributed by atoms with Crippen LogP contribution in [-0.2, 0) is 16.6 Å². The Labute approximate surface area is 159 Å². The van der Waals surface area contributed by atoms with Gasteiger partial charge in [0.15, 0.2) is 0 Å². The van der Waals surface area contributed by atoms with Crippen molar-refractivity contribution in [3.8, 4) is 0 Å². The van der Waals surface area contributed by atoms with Crippen LogP contribution in [-0.4, -0.2) is 13.3 Å². The zero-order valence-electron chi connectivity index (χ0n) is 14.3. The molecule has 0 atom stereocenters. The third-order valence-corrected chi connectivity index (χ3v) is 5.81. The first-order valence-corrected chi connectivity index (χ1v) is 9.49. The Kier molecular flexibility index (Phi) is 5.36. The van der Waals surface area contributed by atoms with Gasteiger partial charge in [-0.2, -0.15) is 0 Å². The number of non-ortho nitro benzene ring substituents is 1. The molecule has 0 amide bonds. The molecule has 9 heteroatoms. The molecule has 3 rings (SSSR count). The molecule has 0 radical (unpaired) electrons. The number of nitro groups is 1. The molecule has 0 aliphatic heterocycles. The quantitative estimate of drug-likeness (QED) is 0.454. The number of halogens is 2. The highest BCUT2D eigenvalue weighted by atomic mass is 32.2. The average molecular weight is 404 g/mol. The molecular formula is C19H14F2N2O4S. The number of hydrogen-bond donors (Lipinski definition) is 0. The van der Waals surface area contributed by atoms with Crippen molar-refractivity contribution in [2.45, 2.75) is 11.4 Å². The van der Waals surface area contributed by atoms with E-state index >= 15 is 0 Å². The lowest BCUT2D eigenvalue weighted by Crippen LogP contribution is -2.31. The second-order valence-electron chi connectivity index (χ2n) is 5.83. The number of benzene rings is 3. The van der Waals surface area contributed by atoms with Crippen molar-refractivity contribution in [3.05, 3.63) is 100 Å². The van der Waals surface area contributed by atoms with E-state index in [0.29, 0.717) is 0 Å². The van der Waals surface area contributed by atoms with Gasteiger partial charge in [0.05, 0.1) is 22.1 Å². The second-order valence-corrected chi connectivity index (χ2v) is 7.69. The number of nitro benzene ring substituents is 1. The highest BCUT2D eigenvalue weighted by molar-refractivity contribution is 7.92. The van der Waals surface area contributed by atoms with Gasteiger partial charge in [-0.1, -0.05) is 18.2 Å². The summed E-state index contributed by atoms with van der Waals surface area (Å²) in [6.45, 7) is -0.336. The molecule has 3 aromatic carbocycles. The Morgan fingerprint density at radius 3 is 2.07 bits per heavy atom. The zero-order valence-corrected chi connectivity index (χ0v) is 15.1. The summed E-state index contributed by atoms with van der Waals surface area (Å²) in [6.07, 6.45) is 0. The number of hydrogen-bond acceptors (Lipinski definition) is 4. The minimum atomic E-state index is -4.20. The summed E-state index contributed by atoms with van der Waals surface area (Å²) in [4.78, 5) is 9.94. The highest BCUT2D eigenvalue weighted by Crippen LogP contribution is 2.28. The first-order valence-electron chi connectivity index (χ1n) is 8.05. The molecule has 3 aromatic rings. The van der Waals surface area contributed by atoms with Crippen LogP contribution >= 0.6 is 0 Å². The minimum absolute atomic E-state index is 0.123. The molecule has 0 aliphatic carbocycles. The van der Waals surface area contributed by atoms with Crippen LogP contribution in [0.2, 0.25) is 0 Å². The van der Waals surface area contributed by atoms with Gasteiger partial charge in [-0.3, -0.25) is 14.4 Å². The van der Waals surface area contributed by atoms with E-state index in [1.165, 1.54) is 30.3 Å². The summed E-state index contributed by atoms with van der Waals surface area (Å²) in [5.74, 6) is -1.14. The Balaban J connectivity index is 2.07. The fourth-order valence-corrected chi connectivity index (χ4v) is 4.01. The largest absolute Gasteiger partial charge is 0.269 e. The smallest absolute Gasteiger partial charge is 0.262 e. The fraction of sp³-hybridized carbons (Fsp3) is 0.0526. The summed E-state index contributed by atoms with van der Waals surface area (Å²) < 4.78 is 54.6. The average Bonchev–Trinajstić information content (AvgIpc) is 2.68. The van der Waals surface area contributed by atoms with Gasteiger partial charge < -0.3 is 0 Å². The monoisotopic (exact) mass is 404 g/mol. The molecule has 0 aromatic heterocycles. The van der Waals surface area contributed by atoms with Crippen molar-refractivity contribution in [1.82, 2.24) is 0 Å². The molecule has 0 unspecified atom stereocenters. The summed E-state index contributed by atoms with van der Waals surface area (Å²) >= 11 is 0. The van der Waals surface area contributed by atoms with Gasteiger partial charge in [0.25, 0.3) is 15.7 Å². The maximum absolute atomic E-state index is 14.1. The zero-order chi connectivity index (χ0) is 20.3. The molecule has 0 saturated carbocycles. The number of rotatable bonds is 6. The Hall–Kier alpha value is -3.33. The van der Waals surface area contributed by atoms with Crippen LogP contribution in [0.3, 0.4) is 0 Å². The molecule has 6 nitrogen and oxygen atoms in total. The molecule has 144 valence electrons. The van der Waals surface area contributed by atoms with E-state index in [2.05, 4.69) is 0 Å². The van der Waals surface area contributed by atoms with Gasteiger partial charge in [-0.05, 0) is 42.5 Å². The lowest BCUT2D eigenvalue weighted by atomic mass is 10.2. The van der Waals surface area contributed by atoms with Crippen molar-refractivity contribution in [3.63, 3.8) is 0 Å². The van der Waals surface area contributed by atoms with Gasteiger partial charge in [0.1, 0.15) is 11.6 Å². The van der Waals surface area contributed by atoms with Crippen molar-refractivity contribution in [2.24, 2.45) is 0 Å².